The summed E-state index contributed by atoms with van der Waals surface area (Å²) in [7, 11) is 0. The summed E-state index contributed by atoms with van der Waals surface area (Å²) in [6.45, 7) is 6.36. The number of halogens is 2. The number of benzene rings is 1. The molecule has 0 radical (unpaired) electrons. The van der Waals surface area contributed by atoms with Gasteiger partial charge in [0.15, 0.2) is 0 Å². The number of nitrogens with two attached hydrogens (primary N) is 1. The first-order valence-corrected chi connectivity index (χ1v) is 8.18. The lowest BCUT2D eigenvalue weighted by Crippen LogP contribution is -2.34. The van der Waals surface area contributed by atoms with Gasteiger partial charge < -0.3 is 15.7 Å². The van der Waals surface area contributed by atoms with Crippen molar-refractivity contribution in [1.29, 1.82) is 0 Å². The summed E-state index contributed by atoms with van der Waals surface area (Å²) < 4.78 is 0.963. The summed E-state index contributed by atoms with van der Waals surface area (Å²) in [5.41, 5.74) is 7.23. The first kappa shape index (κ1) is 17.9. The van der Waals surface area contributed by atoms with Gasteiger partial charge in [0.1, 0.15) is 0 Å². The molecule has 0 aliphatic rings. The number of rotatable bonds is 8. The summed E-state index contributed by atoms with van der Waals surface area (Å²) in [6.07, 6.45) is 1.65. The molecule has 0 aliphatic heterocycles. The Labute approximate surface area is 135 Å². The van der Waals surface area contributed by atoms with Gasteiger partial charge in [-0.3, -0.25) is 0 Å². The van der Waals surface area contributed by atoms with Crippen molar-refractivity contribution < 1.29 is 5.11 Å². The number of aliphatic hydroxyl groups excluding tert-OH is 1. The van der Waals surface area contributed by atoms with Crippen LogP contribution in [-0.4, -0.2) is 35.7 Å². The highest BCUT2D eigenvalue weighted by Gasteiger charge is 2.14. The minimum Gasteiger partial charge on any atom is -0.396 e. The highest BCUT2D eigenvalue weighted by molar-refractivity contribution is 9.10. The molecule has 1 aromatic rings. The van der Waals surface area contributed by atoms with E-state index in [0.717, 1.165) is 36.0 Å². The molecule has 0 saturated heterocycles. The summed E-state index contributed by atoms with van der Waals surface area (Å²) in [6, 6.07) is 6.21. The molecule has 3 nitrogen and oxygen atoms in total. The van der Waals surface area contributed by atoms with Crippen LogP contribution in [0.3, 0.4) is 0 Å². The molecule has 1 unspecified atom stereocenters. The van der Waals surface area contributed by atoms with E-state index in [1.54, 1.807) is 0 Å². The molecule has 0 aromatic heterocycles. The molecule has 1 rings (SSSR count). The van der Waals surface area contributed by atoms with Gasteiger partial charge in [-0.15, -0.1) is 0 Å². The van der Waals surface area contributed by atoms with E-state index >= 15 is 0 Å². The van der Waals surface area contributed by atoms with Crippen LogP contribution >= 0.6 is 27.5 Å². The van der Waals surface area contributed by atoms with E-state index in [0.29, 0.717) is 11.1 Å². The lowest BCUT2D eigenvalue weighted by Gasteiger charge is -2.27. The third kappa shape index (κ3) is 5.70. The molecule has 0 bridgehead atoms. The van der Waals surface area contributed by atoms with E-state index in [1.165, 1.54) is 0 Å². The predicted octanol–water partition coefficient (Wildman–Crippen LogP) is 3.59. The van der Waals surface area contributed by atoms with Crippen molar-refractivity contribution in [3.8, 4) is 0 Å². The van der Waals surface area contributed by atoms with Gasteiger partial charge in [0, 0.05) is 41.3 Å². The van der Waals surface area contributed by atoms with E-state index in [4.69, 9.17) is 22.4 Å². The van der Waals surface area contributed by atoms with Gasteiger partial charge in [0.05, 0.1) is 0 Å². The number of aliphatic hydroxyl groups is 1. The van der Waals surface area contributed by atoms with E-state index in [9.17, 15) is 0 Å². The Balaban J connectivity index is 2.58. The number of hydrogen-bond acceptors (Lipinski definition) is 3. The Morgan fingerprint density at radius 1 is 1.35 bits per heavy atom. The Hall–Kier alpha value is -0.130. The van der Waals surface area contributed by atoms with E-state index in [1.807, 2.05) is 18.2 Å². The molecular weight excluding hydrogens is 340 g/mol. The minimum atomic E-state index is -0.0639. The molecule has 0 amide bonds. The second kappa shape index (κ2) is 9.00. The molecule has 114 valence electrons. The summed E-state index contributed by atoms with van der Waals surface area (Å²) in [4.78, 5) is 2.34. The van der Waals surface area contributed by atoms with Crippen molar-refractivity contribution in [1.82, 2.24) is 4.90 Å². The molecule has 0 saturated carbocycles. The van der Waals surface area contributed by atoms with Crippen molar-refractivity contribution in [3.63, 3.8) is 0 Å². The van der Waals surface area contributed by atoms with E-state index < -0.39 is 0 Å². The standard InChI is InChI=1S/C15H24BrClN2O/c1-11(2)19(7-3-9-20)8-6-15(18)13-5-4-12(16)10-14(13)17/h4-5,10-11,15,20H,3,6-9,18H2,1-2H3. The van der Waals surface area contributed by atoms with Gasteiger partial charge in [-0.2, -0.15) is 0 Å². The number of hydrogen-bond donors (Lipinski definition) is 2. The minimum absolute atomic E-state index is 0.0639. The normalized spacial score (nSPS) is 13.2. The lowest BCUT2D eigenvalue weighted by molar-refractivity contribution is 0.186. The van der Waals surface area contributed by atoms with Crippen molar-refractivity contribution in [2.24, 2.45) is 5.73 Å². The topological polar surface area (TPSA) is 49.5 Å². The molecule has 20 heavy (non-hydrogen) atoms. The van der Waals surface area contributed by atoms with Crippen molar-refractivity contribution in [2.45, 2.75) is 38.8 Å². The van der Waals surface area contributed by atoms with Crippen molar-refractivity contribution in [3.05, 3.63) is 33.3 Å². The highest BCUT2D eigenvalue weighted by atomic mass is 79.9. The quantitative estimate of drug-likeness (QED) is 0.742. The van der Waals surface area contributed by atoms with Gasteiger partial charge in [0.25, 0.3) is 0 Å². The first-order chi connectivity index (χ1) is 9.45. The number of nitrogens with zero attached hydrogens (tertiary/aromatic N) is 1. The molecule has 0 spiro atoms. The van der Waals surface area contributed by atoms with E-state index in [-0.39, 0.29) is 12.6 Å². The van der Waals surface area contributed by atoms with Gasteiger partial charge in [0.2, 0.25) is 0 Å². The van der Waals surface area contributed by atoms with Crippen molar-refractivity contribution >= 4 is 27.5 Å². The maximum Gasteiger partial charge on any atom is 0.0464 e. The van der Waals surface area contributed by atoms with Crippen LogP contribution in [-0.2, 0) is 0 Å². The fourth-order valence-electron chi connectivity index (χ4n) is 2.16. The fourth-order valence-corrected chi connectivity index (χ4v) is 2.98. The van der Waals surface area contributed by atoms with Crippen LogP contribution in [0.4, 0.5) is 0 Å². The van der Waals surface area contributed by atoms with Crippen LogP contribution in [0.5, 0.6) is 0 Å². The Morgan fingerprint density at radius 2 is 2.05 bits per heavy atom. The molecular formula is C15H24BrClN2O. The SMILES string of the molecule is CC(C)N(CCCO)CCC(N)c1ccc(Br)cc1Cl. The Kier molecular flexibility index (Phi) is 8.07. The van der Waals surface area contributed by atoms with Gasteiger partial charge in [-0.05, 0) is 44.4 Å². The summed E-state index contributed by atoms with van der Waals surface area (Å²) in [5, 5.41) is 9.65. The molecule has 0 fully saturated rings. The summed E-state index contributed by atoms with van der Waals surface area (Å²) >= 11 is 9.63. The third-order valence-electron chi connectivity index (χ3n) is 3.42. The van der Waals surface area contributed by atoms with Gasteiger partial charge in [-0.25, -0.2) is 0 Å². The molecule has 5 heteroatoms. The van der Waals surface area contributed by atoms with Crippen LogP contribution in [0, 0.1) is 0 Å². The first-order valence-electron chi connectivity index (χ1n) is 7.01. The average molecular weight is 364 g/mol. The molecule has 0 aliphatic carbocycles. The van der Waals surface area contributed by atoms with Crippen LogP contribution in [0.15, 0.2) is 22.7 Å². The van der Waals surface area contributed by atoms with Crippen LogP contribution in [0.25, 0.3) is 0 Å². The monoisotopic (exact) mass is 362 g/mol. The fraction of sp³-hybridized carbons (Fsp3) is 0.600. The second-order valence-electron chi connectivity index (χ2n) is 5.27. The zero-order chi connectivity index (χ0) is 15.1. The van der Waals surface area contributed by atoms with Crippen LogP contribution in [0.2, 0.25) is 5.02 Å². The van der Waals surface area contributed by atoms with Crippen molar-refractivity contribution in [2.75, 3.05) is 19.7 Å². The maximum atomic E-state index is 8.94. The molecule has 1 atom stereocenters. The van der Waals surface area contributed by atoms with Gasteiger partial charge >= 0.3 is 0 Å². The predicted molar refractivity (Wildman–Crippen MR) is 89.1 cm³/mol. The maximum absolute atomic E-state index is 8.94. The zero-order valence-electron chi connectivity index (χ0n) is 12.1. The second-order valence-corrected chi connectivity index (χ2v) is 6.59. The van der Waals surface area contributed by atoms with Gasteiger partial charge in [-0.1, -0.05) is 33.6 Å². The lowest BCUT2D eigenvalue weighted by atomic mass is 10.0. The average Bonchev–Trinajstić information content (AvgIpc) is 2.38. The summed E-state index contributed by atoms with van der Waals surface area (Å²) in [5.74, 6) is 0. The zero-order valence-corrected chi connectivity index (χ0v) is 14.5. The largest absolute Gasteiger partial charge is 0.396 e. The molecule has 3 N–H and O–H groups in total. The third-order valence-corrected chi connectivity index (χ3v) is 4.24. The molecule has 0 heterocycles. The smallest absolute Gasteiger partial charge is 0.0464 e. The van der Waals surface area contributed by atoms with Crippen LogP contribution < -0.4 is 5.73 Å². The van der Waals surface area contributed by atoms with E-state index in [2.05, 4.69) is 34.7 Å². The van der Waals surface area contributed by atoms with Crippen LogP contribution in [0.1, 0.15) is 38.3 Å². The Bertz CT molecular complexity index is 415. The Morgan fingerprint density at radius 3 is 2.60 bits per heavy atom. The highest BCUT2D eigenvalue weighted by Crippen LogP contribution is 2.27. The molecule has 1 aromatic carbocycles.